The summed E-state index contributed by atoms with van der Waals surface area (Å²) in [5.74, 6) is -0.284. The van der Waals surface area contributed by atoms with Crippen molar-refractivity contribution in [2.24, 2.45) is 5.10 Å². The van der Waals surface area contributed by atoms with Gasteiger partial charge in [-0.3, -0.25) is 9.48 Å². The van der Waals surface area contributed by atoms with Gasteiger partial charge in [0, 0.05) is 22.5 Å². The number of anilines is 1. The van der Waals surface area contributed by atoms with Crippen molar-refractivity contribution in [3.63, 3.8) is 0 Å². The maximum absolute atomic E-state index is 12.1. The van der Waals surface area contributed by atoms with Crippen molar-refractivity contribution in [3.05, 3.63) is 82.7 Å². The molecular formula is C20H21N5O. The Morgan fingerprint density at radius 3 is 2.54 bits per heavy atom. The van der Waals surface area contributed by atoms with E-state index in [1.807, 2.05) is 36.7 Å². The quantitative estimate of drug-likeness (QED) is 0.423. The average molecular weight is 347 g/mol. The first kappa shape index (κ1) is 17.4. The molecule has 3 rings (SSSR count). The van der Waals surface area contributed by atoms with E-state index in [4.69, 9.17) is 5.73 Å². The summed E-state index contributed by atoms with van der Waals surface area (Å²) >= 11 is 0. The SMILES string of the molecule is Cc1nn(Cc2ccccc2)c(C)c1/C=N/NC(=O)c1ccc(N)cc1. The Balaban J connectivity index is 1.70. The third kappa shape index (κ3) is 3.97. The summed E-state index contributed by atoms with van der Waals surface area (Å²) < 4.78 is 1.94. The first-order valence-electron chi connectivity index (χ1n) is 8.31. The molecule has 0 atom stereocenters. The molecule has 132 valence electrons. The van der Waals surface area contributed by atoms with Crippen molar-refractivity contribution in [2.75, 3.05) is 5.73 Å². The van der Waals surface area contributed by atoms with E-state index in [1.165, 1.54) is 5.56 Å². The number of nitrogens with one attached hydrogen (secondary N) is 1. The first-order valence-corrected chi connectivity index (χ1v) is 8.31. The average Bonchev–Trinajstić information content (AvgIpc) is 2.90. The molecule has 1 amide bonds. The van der Waals surface area contributed by atoms with Crippen LogP contribution in [0.25, 0.3) is 0 Å². The number of aryl methyl sites for hydroxylation is 1. The highest BCUT2D eigenvalue weighted by Crippen LogP contribution is 2.13. The van der Waals surface area contributed by atoms with E-state index in [1.54, 1.807) is 30.5 Å². The maximum Gasteiger partial charge on any atom is 0.271 e. The van der Waals surface area contributed by atoms with E-state index >= 15 is 0 Å². The van der Waals surface area contributed by atoms with Gasteiger partial charge in [0.1, 0.15) is 0 Å². The Morgan fingerprint density at radius 2 is 1.85 bits per heavy atom. The van der Waals surface area contributed by atoms with Gasteiger partial charge in [0.15, 0.2) is 0 Å². The van der Waals surface area contributed by atoms with Crippen molar-refractivity contribution in [1.82, 2.24) is 15.2 Å². The predicted molar refractivity (Wildman–Crippen MR) is 103 cm³/mol. The van der Waals surface area contributed by atoms with Crippen molar-refractivity contribution >= 4 is 17.8 Å². The van der Waals surface area contributed by atoms with E-state index in [-0.39, 0.29) is 5.91 Å². The zero-order valence-corrected chi connectivity index (χ0v) is 14.8. The molecule has 1 aromatic heterocycles. The minimum Gasteiger partial charge on any atom is -0.399 e. The van der Waals surface area contributed by atoms with Crippen LogP contribution in [0.3, 0.4) is 0 Å². The van der Waals surface area contributed by atoms with Crippen molar-refractivity contribution in [2.45, 2.75) is 20.4 Å². The van der Waals surface area contributed by atoms with Crippen LogP contribution in [0.1, 0.15) is 32.9 Å². The van der Waals surface area contributed by atoms with Gasteiger partial charge in [-0.2, -0.15) is 10.2 Å². The molecule has 6 nitrogen and oxygen atoms in total. The van der Waals surface area contributed by atoms with Crippen LogP contribution in [0.2, 0.25) is 0 Å². The van der Waals surface area contributed by atoms with Crippen LogP contribution in [0.4, 0.5) is 5.69 Å². The third-order valence-electron chi connectivity index (χ3n) is 4.15. The monoisotopic (exact) mass is 347 g/mol. The van der Waals surface area contributed by atoms with Crippen molar-refractivity contribution in [1.29, 1.82) is 0 Å². The number of hydrogen-bond donors (Lipinski definition) is 2. The molecule has 0 spiro atoms. The molecule has 26 heavy (non-hydrogen) atoms. The molecule has 0 fully saturated rings. The molecule has 0 saturated carbocycles. The highest BCUT2D eigenvalue weighted by Gasteiger charge is 2.10. The van der Waals surface area contributed by atoms with Crippen molar-refractivity contribution in [3.8, 4) is 0 Å². The summed E-state index contributed by atoms with van der Waals surface area (Å²) in [6, 6.07) is 16.8. The molecule has 0 aliphatic carbocycles. The summed E-state index contributed by atoms with van der Waals surface area (Å²) in [5.41, 5.74) is 13.2. The number of aromatic nitrogens is 2. The summed E-state index contributed by atoms with van der Waals surface area (Å²) in [5, 5.41) is 8.64. The molecule has 0 aliphatic heterocycles. The lowest BCUT2D eigenvalue weighted by Gasteiger charge is -2.04. The number of nitrogen functional groups attached to an aromatic ring is 1. The number of hydrogen-bond acceptors (Lipinski definition) is 4. The lowest BCUT2D eigenvalue weighted by molar-refractivity contribution is 0.0955. The van der Waals surface area contributed by atoms with Gasteiger partial charge in [-0.1, -0.05) is 30.3 Å². The van der Waals surface area contributed by atoms with E-state index in [0.717, 1.165) is 17.0 Å². The van der Waals surface area contributed by atoms with Crippen LogP contribution in [0.5, 0.6) is 0 Å². The lowest BCUT2D eigenvalue weighted by atomic mass is 10.2. The third-order valence-corrected chi connectivity index (χ3v) is 4.15. The van der Waals surface area contributed by atoms with E-state index < -0.39 is 0 Å². The van der Waals surface area contributed by atoms with Gasteiger partial charge >= 0.3 is 0 Å². The predicted octanol–water partition coefficient (Wildman–Crippen LogP) is 2.89. The molecule has 3 aromatic rings. The van der Waals surface area contributed by atoms with Gasteiger partial charge in [-0.25, -0.2) is 5.43 Å². The fourth-order valence-corrected chi connectivity index (χ4v) is 2.66. The molecule has 0 unspecified atom stereocenters. The van der Waals surface area contributed by atoms with Gasteiger partial charge in [-0.15, -0.1) is 0 Å². The van der Waals surface area contributed by atoms with Gasteiger partial charge < -0.3 is 5.73 Å². The molecule has 2 aromatic carbocycles. The largest absolute Gasteiger partial charge is 0.399 e. The number of hydrazone groups is 1. The second-order valence-corrected chi connectivity index (χ2v) is 6.05. The molecule has 1 heterocycles. The zero-order chi connectivity index (χ0) is 18.5. The number of amides is 1. The summed E-state index contributed by atoms with van der Waals surface area (Å²) in [6.45, 7) is 4.61. The van der Waals surface area contributed by atoms with Crippen LogP contribution in [-0.2, 0) is 6.54 Å². The zero-order valence-electron chi connectivity index (χ0n) is 14.8. The number of carbonyl (C=O) groups excluding carboxylic acids is 1. The Morgan fingerprint density at radius 1 is 1.15 bits per heavy atom. The van der Waals surface area contributed by atoms with Crippen LogP contribution in [0.15, 0.2) is 59.7 Å². The van der Waals surface area contributed by atoms with Gasteiger partial charge in [0.25, 0.3) is 5.91 Å². The van der Waals surface area contributed by atoms with Gasteiger partial charge in [0.2, 0.25) is 0 Å². The second-order valence-electron chi connectivity index (χ2n) is 6.05. The summed E-state index contributed by atoms with van der Waals surface area (Å²) in [7, 11) is 0. The van der Waals surface area contributed by atoms with E-state index in [0.29, 0.717) is 17.8 Å². The van der Waals surface area contributed by atoms with Crippen LogP contribution < -0.4 is 11.2 Å². The van der Waals surface area contributed by atoms with Gasteiger partial charge in [0.05, 0.1) is 18.5 Å². The number of rotatable bonds is 5. The maximum atomic E-state index is 12.1. The Hall–Kier alpha value is -3.41. The number of benzene rings is 2. The molecule has 0 aliphatic rings. The van der Waals surface area contributed by atoms with Crippen LogP contribution >= 0.6 is 0 Å². The minimum absolute atomic E-state index is 0.284. The van der Waals surface area contributed by atoms with Gasteiger partial charge in [-0.05, 0) is 43.7 Å². The topological polar surface area (TPSA) is 85.3 Å². The Bertz CT molecular complexity index is 927. The molecule has 0 saturated heterocycles. The molecule has 0 radical (unpaired) electrons. The Kier molecular flexibility index (Phi) is 5.12. The highest BCUT2D eigenvalue weighted by molar-refractivity contribution is 5.95. The number of nitrogens with two attached hydrogens (primary N) is 1. The second kappa shape index (κ2) is 7.65. The van der Waals surface area contributed by atoms with Crippen molar-refractivity contribution < 1.29 is 4.79 Å². The Labute approximate surface area is 152 Å². The first-order chi connectivity index (χ1) is 12.5. The van der Waals surface area contributed by atoms with Crippen LogP contribution in [0, 0.1) is 13.8 Å². The van der Waals surface area contributed by atoms with E-state index in [9.17, 15) is 4.79 Å². The lowest BCUT2D eigenvalue weighted by Crippen LogP contribution is -2.17. The molecular weight excluding hydrogens is 326 g/mol. The fourth-order valence-electron chi connectivity index (χ4n) is 2.66. The normalized spacial score (nSPS) is 11.0. The minimum atomic E-state index is -0.284. The van der Waals surface area contributed by atoms with Crippen LogP contribution in [-0.4, -0.2) is 21.9 Å². The smallest absolute Gasteiger partial charge is 0.271 e. The number of nitrogens with zero attached hydrogens (tertiary/aromatic N) is 3. The fraction of sp³-hybridized carbons (Fsp3) is 0.150. The molecule has 3 N–H and O–H groups in total. The molecule has 0 bridgehead atoms. The standard InChI is InChI=1S/C20H21N5O/c1-14-19(12-22-23-20(26)17-8-10-18(21)11-9-17)15(2)25(24-14)13-16-6-4-3-5-7-16/h3-12H,13,21H2,1-2H3,(H,23,26)/b22-12+. The highest BCUT2D eigenvalue weighted by atomic mass is 16.2. The summed E-state index contributed by atoms with van der Waals surface area (Å²) in [6.07, 6.45) is 1.63. The molecule has 6 heteroatoms. The summed E-state index contributed by atoms with van der Waals surface area (Å²) in [4.78, 5) is 12.1. The van der Waals surface area contributed by atoms with E-state index in [2.05, 4.69) is 27.8 Å². The number of carbonyl (C=O) groups is 1.